The number of carboxylic acids is 1. The van der Waals surface area contributed by atoms with Crippen LogP contribution in [0.3, 0.4) is 0 Å². The Labute approximate surface area is 87.2 Å². The van der Waals surface area contributed by atoms with Gasteiger partial charge < -0.3 is 34.5 Å². The molecule has 0 radical (unpaired) electrons. The summed E-state index contributed by atoms with van der Waals surface area (Å²) in [5.41, 5.74) is 0. The molecule has 0 aromatic carbocycles. The van der Waals surface area contributed by atoms with Gasteiger partial charge >= 0.3 is 33.4 Å². The maximum atomic E-state index is 10.7. The highest BCUT2D eigenvalue weighted by Crippen LogP contribution is 2.82. The smallest absolute Gasteiger partial charge is 0.367 e. The molecule has 0 aromatic heterocycles. The van der Waals surface area contributed by atoms with Gasteiger partial charge in [-0.1, -0.05) is 0 Å². The van der Waals surface area contributed by atoms with Crippen LogP contribution in [0.2, 0.25) is 0 Å². The van der Waals surface area contributed by atoms with Crippen LogP contribution in [0, 0.1) is 0 Å². The summed E-state index contributed by atoms with van der Waals surface area (Å²) in [7, 11) is -19.0. The zero-order valence-corrected chi connectivity index (χ0v) is 9.79. The highest BCUT2D eigenvalue weighted by molar-refractivity contribution is 7.90. The molecule has 14 heteroatoms. The third kappa shape index (κ3) is 2.14. The minimum atomic E-state index is -6.33. The lowest BCUT2D eigenvalue weighted by Gasteiger charge is -2.30. The minimum absolute atomic E-state index is 2.98. The molecule has 16 heavy (non-hydrogen) atoms. The summed E-state index contributed by atoms with van der Waals surface area (Å²) >= 11 is 0. The van der Waals surface area contributed by atoms with Crippen LogP contribution in [0.25, 0.3) is 0 Å². The van der Waals surface area contributed by atoms with Crippen molar-refractivity contribution < 1.29 is 53.0 Å². The van der Waals surface area contributed by atoms with Crippen LogP contribution in [0.5, 0.6) is 0 Å². The van der Waals surface area contributed by atoms with Crippen molar-refractivity contribution in [3.8, 4) is 0 Å². The van der Waals surface area contributed by atoms with Crippen LogP contribution >= 0.6 is 22.8 Å². The molecule has 0 fully saturated rings. The van der Waals surface area contributed by atoms with Crippen molar-refractivity contribution in [2.75, 3.05) is 0 Å². The van der Waals surface area contributed by atoms with Crippen LogP contribution < -0.4 is 0 Å². The lowest BCUT2D eigenvalue weighted by atomic mass is 10.8. The first kappa shape index (κ1) is 15.9. The van der Waals surface area contributed by atoms with Gasteiger partial charge in [-0.2, -0.15) is 0 Å². The van der Waals surface area contributed by atoms with Crippen molar-refractivity contribution in [1.29, 1.82) is 0 Å². The molecule has 0 aliphatic carbocycles. The van der Waals surface area contributed by atoms with E-state index in [1.54, 1.807) is 0 Å². The quantitative estimate of drug-likeness (QED) is 0.289. The predicted molar refractivity (Wildman–Crippen MR) is 46.5 cm³/mol. The highest BCUT2D eigenvalue weighted by atomic mass is 31.3. The molecule has 0 spiro atoms. The van der Waals surface area contributed by atoms with E-state index in [0.29, 0.717) is 0 Å². The summed E-state index contributed by atoms with van der Waals surface area (Å²) in [6.07, 6.45) is 0. The molecular weight excluding hydrogens is 293 g/mol. The Morgan fingerprint density at radius 1 is 0.750 bits per heavy atom. The first-order valence-corrected chi connectivity index (χ1v) is 7.93. The number of hydrogen-bond acceptors (Lipinski definition) is 4. The van der Waals surface area contributed by atoms with Crippen molar-refractivity contribution in [1.82, 2.24) is 0 Å². The molecule has 0 aliphatic heterocycles. The Morgan fingerprint density at radius 3 is 0.938 bits per heavy atom. The molecule has 0 aromatic rings. The minimum Gasteiger partial charge on any atom is -0.479 e. The molecule has 0 unspecified atom stereocenters. The van der Waals surface area contributed by atoms with Gasteiger partial charge in [0.1, 0.15) is 0 Å². The van der Waals surface area contributed by atoms with Crippen LogP contribution in [0.4, 0.5) is 0 Å². The van der Waals surface area contributed by atoms with Gasteiger partial charge in [0, 0.05) is 0 Å². The second-order valence-corrected chi connectivity index (χ2v) is 8.91. The third-order valence-electron chi connectivity index (χ3n) is 1.51. The van der Waals surface area contributed by atoms with Gasteiger partial charge in [-0.25, -0.2) is 4.79 Å². The predicted octanol–water partition coefficient (Wildman–Crippen LogP) is -1.74. The fraction of sp³-hybridized carbons (Fsp3) is 0.500. The number of aliphatic carboxylic acids is 1. The van der Waals surface area contributed by atoms with E-state index in [4.69, 9.17) is 34.5 Å². The number of carboxylic acid groups (broad SMARTS) is 1. The van der Waals surface area contributed by atoms with E-state index in [0.717, 1.165) is 0 Å². The zero-order chi connectivity index (χ0) is 13.6. The number of hydrogen-bond donors (Lipinski definition) is 7. The molecule has 0 bridgehead atoms. The Balaban J connectivity index is 6.54. The maximum Gasteiger partial charge on any atom is 0.367 e. The van der Waals surface area contributed by atoms with Crippen molar-refractivity contribution in [2.24, 2.45) is 0 Å². The lowest BCUT2D eigenvalue weighted by Crippen LogP contribution is -2.38. The molecule has 7 N–H and O–H groups in total. The topological polar surface area (TPSA) is 210 Å². The fourth-order valence-corrected chi connectivity index (χ4v) is 5.70. The van der Waals surface area contributed by atoms with Gasteiger partial charge in [0.15, 0.2) is 0 Å². The van der Waals surface area contributed by atoms with Gasteiger partial charge in [-0.3, -0.25) is 13.7 Å². The summed E-state index contributed by atoms with van der Waals surface area (Å²) in [6.45, 7) is 0. The van der Waals surface area contributed by atoms with Crippen LogP contribution in [0.15, 0.2) is 0 Å². The largest absolute Gasteiger partial charge is 0.479 e. The summed E-state index contributed by atoms with van der Waals surface area (Å²) in [6, 6.07) is 0. The second-order valence-electron chi connectivity index (χ2n) is 2.57. The van der Waals surface area contributed by atoms with E-state index in [2.05, 4.69) is 0 Å². The van der Waals surface area contributed by atoms with Crippen LogP contribution in [0.1, 0.15) is 0 Å². The first-order valence-electron chi connectivity index (χ1n) is 3.10. The molecule has 0 saturated carbocycles. The highest BCUT2D eigenvalue weighted by Gasteiger charge is 2.77. The first-order chi connectivity index (χ1) is 6.69. The van der Waals surface area contributed by atoms with E-state index < -0.39 is 33.4 Å². The molecule has 0 heterocycles. The van der Waals surface area contributed by atoms with Crippen molar-refractivity contribution in [3.05, 3.63) is 0 Å². The summed E-state index contributed by atoms with van der Waals surface area (Å²) in [5, 5.41) is 8.35. The van der Waals surface area contributed by atoms with Crippen molar-refractivity contribution >= 4 is 28.8 Å². The Morgan fingerprint density at radius 2 is 0.938 bits per heavy atom. The average molecular weight is 300 g/mol. The SMILES string of the molecule is O=C(O)C(P(=O)(O)O)(P(=O)(O)O)P(=O)(O)O. The van der Waals surface area contributed by atoms with E-state index in [1.807, 2.05) is 0 Å². The zero-order valence-electron chi connectivity index (χ0n) is 7.11. The molecule has 0 atom stereocenters. The molecular formula is C2H7O11P3. The summed E-state index contributed by atoms with van der Waals surface area (Å²) in [5.74, 6) is -2.98. The standard InChI is InChI=1S/C2H7O11P3/c3-1(4)2(14(5,6)7,15(8,9)10)16(11,12)13/h(H,3,4)(H2,5,6,7)(H2,8,9,10)(H2,11,12,13). The van der Waals surface area contributed by atoms with E-state index >= 15 is 0 Å². The normalized spacial score (nSPS) is 14.9. The number of carbonyl (C=O) groups is 1. The second kappa shape index (κ2) is 3.99. The van der Waals surface area contributed by atoms with Crippen LogP contribution in [-0.2, 0) is 18.5 Å². The van der Waals surface area contributed by atoms with Crippen molar-refractivity contribution in [3.63, 3.8) is 0 Å². The van der Waals surface area contributed by atoms with Crippen LogP contribution in [-0.4, -0.2) is 45.1 Å². The van der Waals surface area contributed by atoms with Gasteiger partial charge in [0.25, 0.3) is 0 Å². The fourth-order valence-electron chi connectivity index (χ4n) is 0.883. The van der Waals surface area contributed by atoms with Gasteiger partial charge in [-0.05, 0) is 0 Å². The van der Waals surface area contributed by atoms with E-state index in [-0.39, 0.29) is 0 Å². The average Bonchev–Trinajstić information content (AvgIpc) is 1.71. The summed E-state index contributed by atoms with van der Waals surface area (Å²) in [4.78, 5) is 61.6. The number of rotatable bonds is 4. The van der Waals surface area contributed by atoms with E-state index in [1.165, 1.54) is 0 Å². The molecule has 0 amide bonds. The molecule has 0 saturated heterocycles. The molecule has 0 aliphatic rings. The van der Waals surface area contributed by atoms with Gasteiger partial charge in [0.05, 0.1) is 0 Å². The molecule has 0 rings (SSSR count). The Bertz CT molecular complexity index is 375. The summed E-state index contributed by atoms with van der Waals surface area (Å²) < 4.78 is 27.4. The Kier molecular flexibility index (Phi) is 3.97. The van der Waals surface area contributed by atoms with Gasteiger partial charge in [-0.15, -0.1) is 0 Å². The maximum absolute atomic E-state index is 10.7. The van der Waals surface area contributed by atoms with Gasteiger partial charge in [0.2, 0.25) is 0 Å². The lowest BCUT2D eigenvalue weighted by molar-refractivity contribution is -0.136. The third-order valence-corrected chi connectivity index (χ3v) is 9.21. The monoisotopic (exact) mass is 300 g/mol. The van der Waals surface area contributed by atoms with E-state index in [9.17, 15) is 18.5 Å². The molecule has 11 nitrogen and oxygen atoms in total. The Hall–Kier alpha value is -0.0800. The molecule has 96 valence electrons. The van der Waals surface area contributed by atoms with Crippen molar-refractivity contribution in [2.45, 2.75) is 4.64 Å².